The van der Waals surface area contributed by atoms with Gasteiger partial charge in [-0.15, -0.1) is 13.2 Å². The zero-order valence-corrected chi connectivity index (χ0v) is 23.6. The van der Waals surface area contributed by atoms with Crippen molar-refractivity contribution in [3.63, 3.8) is 0 Å². The molecule has 2 aromatic heterocycles. The molecule has 4 aromatic rings. The zero-order chi connectivity index (χ0) is 31.9. The Labute approximate surface area is 252 Å². The van der Waals surface area contributed by atoms with Crippen LogP contribution in [0.5, 0.6) is 5.75 Å². The van der Waals surface area contributed by atoms with Crippen LogP contribution in [-0.2, 0) is 16.1 Å². The topological polar surface area (TPSA) is 100 Å². The summed E-state index contributed by atoms with van der Waals surface area (Å²) >= 11 is 5.79. The summed E-state index contributed by atoms with van der Waals surface area (Å²) in [7, 11) is 0. The summed E-state index contributed by atoms with van der Waals surface area (Å²) in [5, 5.41) is 14.5. The summed E-state index contributed by atoms with van der Waals surface area (Å²) in [5.74, 6) is -2.22. The van der Waals surface area contributed by atoms with Gasteiger partial charge in [0.15, 0.2) is 0 Å². The largest absolute Gasteiger partial charge is 0.573 e. The van der Waals surface area contributed by atoms with E-state index in [1.807, 2.05) is 12.1 Å². The van der Waals surface area contributed by atoms with Crippen LogP contribution in [0.3, 0.4) is 0 Å². The van der Waals surface area contributed by atoms with Crippen LogP contribution < -0.4 is 10.1 Å². The summed E-state index contributed by atoms with van der Waals surface area (Å²) in [6.07, 6.45) is -6.28. The molecular weight excluding hydrogens is 616 g/mol. The summed E-state index contributed by atoms with van der Waals surface area (Å²) < 4.78 is 86.3. The zero-order valence-electron chi connectivity index (χ0n) is 22.8. The van der Waals surface area contributed by atoms with Crippen LogP contribution in [0.25, 0.3) is 21.7 Å². The molecule has 0 radical (unpaired) electrons. The molecule has 4 rings (SSSR count). The molecule has 1 N–H and O–H groups in total. The van der Waals surface area contributed by atoms with Crippen LogP contribution >= 0.6 is 11.6 Å². The van der Waals surface area contributed by atoms with Crippen molar-refractivity contribution < 1.29 is 40.6 Å². The van der Waals surface area contributed by atoms with E-state index in [1.165, 1.54) is 0 Å². The molecule has 15 heteroatoms. The molecule has 8 nitrogen and oxygen atoms in total. The number of carbonyl (C=O) groups excluding carboxylic acids is 1. The highest BCUT2D eigenvalue weighted by atomic mass is 35.5. The van der Waals surface area contributed by atoms with Crippen molar-refractivity contribution in [3.05, 3.63) is 71.0 Å². The molecule has 0 atom stereocenters. The lowest BCUT2D eigenvalue weighted by atomic mass is 10.1. The van der Waals surface area contributed by atoms with Gasteiger partial charge in [0.25, 0.3) is 0 Å². The minimum Gasteiger partial charge on any atom is -0.404 e. The molecule has 0 unspecified atom stereocenters. The number of nitriles is 1. The molecule has 2 aromatic carbocycles. The molecule has 1 amide bonds. The number of pyridine rings is 2. The fourth-order valence-corrected chi connectivity index (χ4v) is 4.65. The van der Waals surface area contributed by atoms with E-state index in [-0.39, 0.29) is 31.7 Å². The maximum Gasteiger partial charge on any atom is 0.573 e. The highest BCUT2D eigenvalue weighted by Crippen LogP contribution is 2.32. The Balaban J connectivity index is 1.28. The van der Waals surface area contributed by atoms with Crippen LogP contribution in [0.15, 0.2) is 54.9 Å². The van der Waals surface area contributed by atoms with Gasteiger partial charge in [-0.3, -0.25) is 9.78 Å². The molecule has 0 spiro atoms. The number of benzene rings is 2. The Hall–Kier alpha value is -4.35. The number of amides is 1. The van der Waals surface area contributed by atoms with Crippen molar-refractivity contribution in [2.45, 2.75) is 31.9 Å². The maximum atomic E-state index is 13.2. The Kier molecular flexibility index (Phi) is 10.3. The first-order chi connectivity index (χ1) is 20.9. The predicted octanol–water partition coefficient (Wildman–Crippen LogP) is 7.01. The van der Waals surface area contributed by atoms with Gasteiger partial charge in [-0.2, -0.15) is 18.4 Å². The Morgan fingerprint density at radius 3 is 2.50 bits per heavy atom. The maximum absolute atomic E-state index is 13.2. The van der Waals surface area contributed by atoms with E-state index in [0.29, 0.717) is 34.8 Å². The standard InChI is InChI=1S/C29H24ClF6N5O3/c30-23-13-19(4-6-25(23)44-29(34,35)36)17-41(27(42)28(31,32)33)10-1-2-11-43-12-9-39-26-21-7-8-38-16-22(21)20-5-3-18(15-37)14-24(20)40-26/h3-8,13-14,16H,1-2,9-12,17H2,(H,39,40). The number of unbranched alkanes of at least 4 members (excludes halogenated alkanes) is 1. The lowest BCUT2D eigenvalue weighted by molar-refractivity contribution is -0.274. The van der Waals surface area contributed by atoms with Gasteiger partial charge in [0.05, 0.1) is 28.8 Å². The third-order valence-corrected chi connectivity index (χ3v) is 6.65. The predicted molar refractivity (Wildman–Crippen MR) is 150 cm³/mol. The summed E-state index contributed by atoms with van der Waals surface area (Å²) in [6, 6.07) is 12.1. The smallest absolute Gasteiger partial charge is 0.404 e. The molecule has 0 saturated heterocycles. The first kappa shape index (κ1) is 32.6. The number of fused-ring (bicyclic) bond motifs is 3. The van der Waals surface area contributed by atoms with Crippen molar-refractivity contribution in [1.82, 2.24) is 14.9 Å². The second kappa shape index (κ2) is 14.0. The number of nitrogens with one attached hydrogen (secondary N) is 1. The SMILES string of the molecule is N#Cc1ccc2c(c1)nc(NCCOCCCCN(Cc1ccc(OC(F)(F)F)c(Cl)c1)C(=O)C(F)(F)F)c1ccncc12. The molecule has 0 saturated carbocycles. The minimum atomic E-state index is -5.14. The van der Waals surface area contributed by atoms with Gasteiger partial charge in [0, 0.05) is 54.8 Å². The lowest BCUT2D eigenvalue weighted by Gasteiger charge is -2.24. The lowest BCUT2D eigenvalue weighted by Crippen LogP contribution is -2.41. The van der Waals surface area contributed by atoms with Crippen LogP contribution in [0, 0.1) is 11.3 Å². The number of nitrogens with zero attached hydrogens (tertiary/aromatic N) is 4. The second-order valence-corrected chi connectivity index (χ2v) is 9.92. The Morgan fingerprint density at radius 1 is 1.00 bits per heavy atom. The molecule has 2 heterocycles. The first-order valence-electron chi connectivity index (χ1n) is 13.1. The molecule has 0 fully saturated rings. The van der Waals surface area contributed by atoms with Crippen LogP contribution in [0.4, 0.5) is 32.2 Å². The normalized spacial score (nSPS) is 11.9. The molecule has 0 aliphatic rings. The van der Waals surface area contributed by atoms with Gasteiger partial charge < -0.3 is 19.7 Å². The fraction of sp³-hybridized carbons (Fsp3) is 0.310. The van der Waals surface area contributed by atoms with E-state index in [9.17, 15) is 36.4 Å². The van der Waals surface area contributed by atoms with E-state index < -0.39 is 35.8 Å². The van der Waals surface area contributed by atoms with Crippen molar-refractivity contribution in [2.24, 2.45) is 0 Å². The van der Waals surface area contributed by atoms with E-state index in [0.717, 1.165) is 34.4 Å². The van der Waals surface area contributed by atoms with Crippen LogP contribution in [0.2, 0.25) is 5.02 Å². The van der Waals surface area contributed by atoms with Crippen molar-refractivity contribution in [1.29, 1.82) is 5.26 Å². The third kappa shape index (κ3) is 8.61. The highest BCUT2D eigenvalue weighted by molar-refractivity contribution is 6.32. The van der Waals surface area contributed by atoms with Gasteiger partial charge in [0.1, 0.15) is 11.6 Å². The number of hydrogen-bond donors (Lipinski definition) is 1. The quantitative estimate of drug-likeness (QED) is 0.101. The van der Waals surface area contributed by atoms with Gasteiger partial charge >= 0.3 is 18.4 Å². The van der Waals surface area contributed by atoms with Crippen molar-refractivity contribution in [3.8, 4) is 11.8 Å². The number of aromatic nitrogens is 2. The van der Waals surface area contributed by atoms with E-state index in [2.05, 4.69) is 26.1 Å². The number of hydrogen-bond acceptors (Lipinski definition) is 7. The van der Waals surface area contributed by atoms with Crippen molar-refractivity contribution in [2.75, 3.05) is 31.6 Å². The van der Waals surface area contributed by atoms with E-state index in [1.54, 1.807) is 24.5 Å². The van der Waals surface area contributed by atoms with E-state index >= 15 is 0 Å². The number of halogens is 7. The van der Waals surface area contributed by atoms with Crippen molar-refractivity contribution >= 4 is 45.0 Å². The molecular formula is C29H24ClF6N5O3. The second-order valence-electron chi connectivity index (χ2n) is 9.51. The van der Waals surface area contributed by atoms with Crippen LogP contribution in [0.1, 0.15) is 24.0 Å². The molecule has 232 valence electrons. The van der Waals surface area contributed by atoms with Gasteiger partial charge in [-0.05, 0) is 48.7 Å². The third-order valence-electron chi connectivity index (χ3n) is 6.36. The Bertz CT molecular complexity index is 1680. The summed E-state index contributed by atoms with van der Waals surface area (Å²) in [4.78, 5) is 21.4. The van der Waals surface area contributed by atoms with Gasteiger partial charge in [-0.25, -0.2) is 4.98 Å². The number of carbonyl (C=O) groups is 1. The summed E-state index contributed by atoms with van der Waals surface area (Å²) in [5.41, 5.74) is 1.19. The first-order valence-corrected chi connectivity index (χ1v) is 13.5. The highest BCUT2D eigenvalue weighted by Gasteiger charge is 2.42. The van der Waals surface area contributed by atoms with E-state index in [4.69, 9.17) is 16.3 Å². The number of ether oxygens (including phenoxy) is 2. The molecule has 0 aliphatic heterocycles. The van der Waals surface area contributed by atoms with Gasteiger partial charge in [-0.1, -0.05) is 23.7 Å². The fourth-order valence-electron chi connectivity index (χ4n) is 4.41. The molecule has 44 heavy (non-hydrogen) atoms. The number of rotatable bonds is 12. The number of alkyl halides is 6. The molecule has 0 aliphatic carbocycles. The van der Waals surface area contributed by atoms with Crippen LogP contribution in [-0.4, -0.2) is 59.6 Å². The summed E-state index contributed by atoms with van der Waals surface area (Å²) in [6.45, 7) is 0.0195. The number of anilines is 1. The minimum absolute atomic E-state index is 0.0962. The average molecular weight is 640 g/mol. The molecule has 0 bridgehead atoms. The monoisotopic (exact) mass is 639 g/mol. The average Bonchev–Trinajstić information content (AvgIpc) is 2.97. The van der Waals surface area contributed by atoms with Gasteiger partial charge in [0.2, 0.25) is 0 Å². The Morgan fingerprint density at radius 2 is 1.80 bits per heavy atom.